The molecule has 0 saturated carbocycles. The van der Waals surface area contributed by atoms with Crippen LogP contribution in [-0.4, -0.2) is 50.5 Å². The van der Waals surface area contributed by atoms with Gasteiger partial charge in [0.15, 0.2) is 16.5 Å². The van der Waals surface area contributed by atoms with Crippen LogP contribution in [0.3, 0.4) is 0 Å². The number of nitrogens with zero attached hydrogens (tertiary/aromatic N) is 2. The average molecular weight is 306 g/mol. The average Bonchev–Trinajstić information content (AvgIpc) is 2.36. The van der Waals surface area contributed by atoms with Gasteiger partial charge in [-0.25, -0.2) is 14.8 Å². The molecule has 1 unspecified atom stereocenters. The van der Waals surface area contributed by atoms with Gasteiger partial charge in [-0.2, -0.15) is 0 Å². The third kappa shape index (κ3) is 4.05. The smallest absolute Gasteiger partial charge is 0.337 e. The Morgan fingerprint density at radius 1 is 1.58 bits per heavy atom. The topological polar surface area (TPSA) is 112 Å². The number of hydrogen-bond acceptors (Lipinski definition) is 6. The second-order valence-corrected chi connectivity index (χ2v) is 5.00. The Hall–Kier alpha value is -1.38. The van der Waals surface area contributed by atoms with Gasteiger partial charge in [0, 0.05) is 0 Å². The monoisotopic (exact) mass is 305 g/mol. The number of hydrogen-bond donors (Lipinski definition) is 3. The second-order valence-electron chi connectivity index (χ2n) is 3.81. The number of rotatable bonds is 5. The number of carboxylic acids is 1. The lowest BCUT2D eigenvalue weighted by atomic mass is 10.1. The summed E-state index contributed by atoms with van der Waals surface area (Å²) in [6, 6.07) is 0. The van der Waals surface area contributed by atoms with Gasteiger partial charge in [0.2, 0.25) is 0 Å². The van der Waals surface area contributed by atoms with Crippen molar-refractivity contribution in [2.75, 3.05) is 12.8 Å². The Bertz CT molecular complexity index is 510. The zero-order valence-corrected chi connectivity index (χ0v) is 11.7. The first-order valence-corrected chi connectivity index (χ1v) is 6.68. The van der Waals surface area contributed by atoms with Crippen molar-refractivity contribution in [3.63, 3.8) is 0 Å². The van der Waals surface area contributed by atoms with Crippen molar-refractivity contribution in [2.45, 2.75) is 17.7 Å². The van der Waals surface area contributed by atoms with E-state index in [1.54, 1.807) is 6.26 Å². The third-order valence-electron chi connectivity index (χ3n) is 2.17. The van der Waals surface area contributed by atoms with Crippen molar-refractivity contribution in [1.82, 2.24) is 15.3 Å². The fourth-order valence-electron chi connectivity index (χ4n) is 1.02. The molecule has 104 valence electrons. The summed E-state index contributed by atoms with van der Waals surface area (Å²) in [6.07, 6.45) is 3.02. The van der Waals surface area contributed by atoms with Gasteiger partial charge in [-0.05, 0) is 13.2 Å². The highest BCUT2D eigenvalue weighted by molar-refractivity contribution is 7.98. The van der Waals surface area contributed by atoms with Gasteiger partial charge in [0.25, 0.3) is 5.91 Å². The highest BCUT2D eigenvalue weighted by Gasteiger charge is 2.30. The summed E-state index contributed by atoms with van der Waals surface area (Å²) in [4.78, 5) is 30.3. The SMILES string of the molecule is CSc1ncc(Cl)c(C(=O)NCC(C)(O)C(=O)O)n1. The van der Waals surface area contributed by atoms with Crippen LogP contribution in [0.5, 0.6) is 0 Å². The van der Waals surface area contributed by atoms with Gasteiger partial charge in [-0.15, -0.1) is 0 Å². The van der Waals surface area contributed by atoms with Gasteiger partial charge in [-0.3, -0.25) is 4.79 Å². The molecule has 0 spiro atoms. The van der Waals surface area contributed by atoms with Crippen molar-refractivity contribution in [2.24, 2.45) is 0 Å². The van der Waals surface area contributed by atoms with Crippen LogP contribution in [0.25, 0.3) is 0 Å². The number of thioether (sulfide) groups is 1. The molecule has 19 heavy (non-hydrogen) atoms. The third-order valence-corrected chi connectivity index (χ3v) is 3.01. The molecule has 0 aromatic carbocycles. The van der Waals surface area contributed by atoms with E-state index < -0.39 is 24.0 Å². The van der Waals surface area contributed by atoms with Crippen LogP contribution in [0.4, 0.5) is 0 Å². The molecule has 1 amide bonds. The number of carboxylic acid groups (broad SMARTS) is 1. The van der Waals surface area contributed by atoms with E-state index in [9.17, 15) is 14.7 Å². The zero-order valence-electron chi connectivity index (χ0n) is 10.2. The van der Waals surface area contributed by atoms with E-state index in [0.717, 1.165) is 6.92 Å². The Balaban J connectivity index is 2.82. The Kier molecular flexibility index (Phi) is 5.10. The molecule has 0 bridgehead atoms. The minimum absolute atomic E-state index is 0.0465. The summed E-state index contributed by atoms with van der Waals surface area (Å²) in [5.74, 6) is -2.12. The molecule has 0 fully saturated rings. The number of aliphatic hydroxyl groups is 1. The number of aromatic nitrogens is 2. The number of carbonyl (C=O) groups excluding carboxylic acids is 1. The molecule has 0 aliphatic carbocycles. The predicted octanol–water partition coefficient (Wildman–Crippen LogP) is 0.417. The minimum Gasteiger partial charge on any atom is -0.479 e. The standard InChI is InChI=1S/C10H12ClN3O4S/c1-10(18,8(16)17)4-13-7(15)6-5(11)3-12-9(14-6)19-2/h3,18H,4H2,1-2H3,(H,13,15)(H,16,17). The lowest BCUT2D eigenvalue weighted by Crippen LogP contribution is -2.46. The molecule has 0 radical (unpaired) electrons. The van der Waals surface area contributed by atoms with Gasteiger partial charge < -0.3 is 15.5 Å². The number of halogens is 1. The Labute approximate surface area is 118 Å². The van der Waals surface area contributed by atoms with Crippen molar-refractivity contribution < 1.29 is 19.8 Å². The Morgan fingerprint density at radius 3 is 2.74 bits per heavy atom. The highest BCUT2D eigenvalue weighted by Crippen LogP contribution is 2.16. The molecular weight excluding hydrogens is 294 g/mol. The first-order valence-electron chi connectivity index (χ1n) is 5.08. The number of nitrogens with one attached hydrogen (secondary N) is 1. The van der Waals surface area contributed by atoms with E-state index in [2.05, 4.69) is 15.3 Å². The van der Waals surface area contributed by atoms with E-state index >= 15 is 0 Å². The van der Waals surface area contributed by atoms with Crippen molar-refractivity contribution in [3.8, 4) is 0 Å². The second kappa shape index (κ2) is 6.18. The van der Waals surface area contributed by atoms with Crippen molar-refractivity contribution in [3.05, 3.63) is 16.9 Å². The van der Waals surface area contributed by atoms with Crippen LogP contribution < -0.4 is 5.32 Å². The van der Waals surface area contributed by atoms with Crippen molar-refractivity contribution in [1.29, 1.82) is 0 Å². The highest BCUT2D eigenvalue weighted by atomic mass is 35.5. The predicted molar refractivity (Wildman–Crippen MR) is 69.4 cm³/mol. The molecule has 1 rings (SSSR count). The molecule has 0 aliphatic heterocycles. The van der Waals surface area contributed by atoms with Gasteiger partial charge in [0.05, 0.1) is 17.8 Å². The molecule has 1 atom stereocenters. The maximum Gasteiger partial charge on any atom is 0.337 e. The summed E-state index contributed by atoms with van der Waals surface area (Å²) < 4.78 is 0. The zero-order chi connectivity index (χ0) is 14.6. The van der Waals surface area contributed by atoms with Gasteiger partial charge >= 0.3 is 5.97 Å². The number of amides is 1. The largest absolute Gasteiger partial charge is 0.479 e. The van der Waals surface area contributed by atoms with Crippen LogP contribution in [-0.2, 0) is 4.79 Å². The molecule has 3 N–H and O–H groups in total. The Morgan fingerprint density at radius 2 is 2.21 bits per heavy atom. The van der Waals surface area contributed by atoms with E-state index in [-0.39, 0.29) is 10.7 Å². The molecule has 0 saturated heterocycles. The minimum atomic E-state index is -2.06. The normalized spacial score (nSPS) is 13.7. The van der Waals surface area contributed by atoms with Crippen LogP contribution >= 0.6 is 23.4 Å². The van der Waals surface area contributed by atoms with Crippen LogP contribution in [0, 0.1) is 0 Å². The van der Waals surface area contributed by atoms with Crippen LogP contribution in [0.15, 0.2) is 11.4 Å². The summed E-state index contributed by atoms with van der Waals surface area (Å²) in [5.41, 5.74) is -2.13. The molecule has 7 nitrogen and oxygen atoms in total. The quantitative estimate of drug-likeness (QED) is 0.533. The summed E-state index contributed by atoms with van der Waals surface area (Å²) >= 11 is 7.02. The summed E-state index contributed by atoms with van der Waals surface area (Å²) in [6.45, 7) is 0.612. The molecule has 0 aliphatic rings. The van der Waals surface area contributed by atoms with Crippen LogP contribution in [0.1, 0.15) is 17.4 Å². The van der Waals surface area contributed by atoms with E-state index in [1.807, 2.05) is 0 Å². The van der Waals surface area contributed by atoms with E-state index in [1.165, 1.54) is 18.0 Å². The van der Waals surface area contributed by atoms with Gasteiger partial charge in [0.1, 0.15) is 0 Å². The fraction of sp³-hybridized carbons (Fsp3) is 0.400. The first kappa shape index (κ1) is 15.7. The van der Waals surface area contributed by atoms with Crippen LogP contribution in [0.2, 0.25) is 5.02 Å². The van der Waals surface area contributed by atoms with Crippen molar-refractivity contribution >= 4 is 35.2 Å². The lowest BCUT2D eigenvalue weighted by Gasteiger charge is -2.18. The number of aliphatic carboxylic acids is 1. The fourth-order valence-corrected chi connectivity index (χ4v) is 1.54. The summed E-state index contributed by atoms with van der Waals surface area (Å²) in [5, 5.41) is 20.8. The lowest BCUT2D eigenvalue weighted by molar-refractivity contribution is -0.155. The first-order chi connectivity index (χ1) is 8.77. The maximum atomic E-state index is 11.8. The van der Waals surface area contributed by atoms with Gasteiger partial charge in [-0.1, -0.05) is 23.4 Å². The molecule has 1 aromatic heterocycles. The van der Waals surface area contributed by atoms with E-state index in [0.29, 0.717) is 5.16 Å². The number of carbonyl (C=O) groups is 2. The maximum absolute atomic E-state index is 11.8. The molecule has 9 heteroatoms. The molecular formula is C10H12ClN3O4S. The molecule has 1 aromatic rings. The summed E-state index contributed by atoms with van der Waals surface area (Å²) in [7, 11) is 0. The molecule has 1 heterocycles. The van der Waals surface area contributed by atoms with E-state index in [4.69, 9.17) is 16.7 Å².